The molecule has 0 aromatic heterocycles. The summed E-state index contributed by atoms with van der Waals surface area (Å²) in [5.41, 5.74) is 1.12. The van der Waals surface area contributed by atoms with Crippen molar-refractivity contribution in [1.82, 2.24) is 5.32 Å². The Balaban J connectivity index is 2.43. The van der Waals surface area contributed by atoms with Crippen LogP contribution in [0.2, 0.25) is 0 Å². The Kier molecular flexibility index (Phi) is 8.56. The van der Waals surface area contributed by atoms with Crippen LogP contribution in [0, 0.1) is 0 Å². The van der Waals surface area contributed by atoms with Crippen LogP contribution in [-0.4, -0.2) is 26.8 Å². The highest BCUT2D eigenvalue weighted by Gasteiger charge is 2.09. The maximum absolute atomic E-state index is 5.91. The summed E-state index contributed by atoms with van der Waals surface area (Å²) < 4.78 is 11.3. The molecule has 0 spiro atoms. The molecule has 0 unspecified atom stereocenters. The molecule has 0 aliphatic heterocycles. The second-order valence-corrected chi connectivity index (χ2v) is 4.75. The van der Waals surface area contributed by atoms with Gasteiger partial charge in [-0.25, -0.2) is 0 Å². The lowest BCUT2D eigenvalue weighted by Gasteiger charge is -2.14. The van der Waals surface area contributed by atoms with Gasteiger partial charge in [0, 0.05) is 5.56 Å². The Hall–Kier alpha value is -1.48. The molecule has 20 heavy (non-hydrogen) atoms. The van der Waals surface area contributed by atoms with Gasteiger partial charge in [0.2, 0.25) is 0 Å². The van der Waals surface area contributed by atoms with Crippen molar-refractivity contribution in [3.8, 4) is 11.5 Å². The van der Waals surface area contributed by atoms with Crippen LogP contribution >= 0.6 is 0 Å². The number of para-hydroxylation sites is 1. The average Bonchev–Trinajstić information content (AvgIpc) is 2.47. The molecular formula is C17H27NO2. The molecule has 0 saturated heterocycles. The molecule has 3 heteroatoms. The van der Waals surface area contributed by atoms with E-state index in [1.807, 2.05) is 18.2 Å². The first-order valence-corrected chi connectivity index (χ1v) is 7.43. The fourth-order valence-electron chi connectivity index (χ4n) is 2.00. The molecule has 0 radical (unpaired) electrons. The Morgan fingerprint density at radius 1 is 1.25 bits per heavy atom. The molecule has 112 valence electrons. The normalized spacial score (nSPS) is 10.3. The average molecular weight is 277 g/mol. The highest BCUT2D eigenvalue weighted by Crippen LogP contribution is 2.31. The van der Waals surface area contributed by atoms with E-state index < -0.39 is 0 Å². The van der Waals surface area contributed by atoms with Crippen molar-refractivity contribution in [2.45, 2.75) is 32.6 Å². The molecule has 0 aliphatic carbocycles. The number of hydrogen-bond acceptors (Lipinski definition) is 3. The van der Waals surface area contributed by atoms with Gasteiger partial charge in [-0.3, -0.25) is 0 Å². The summed E-state index contributed by atoms with van der Waals surface area (Å²) in [6, 6.07) is 5.97. The lowest BCUT2D eigenvalue weighted by Crippen LogP contribution is -2.18. The molecule has 0 heterocycles. The number of ether oxygens (including phenoxy) is 2. The van der Waals surface area contributed by atoms with E-state index in [1.54, 1.807) is 7.11 Å². The van der Waals surface area contributed by atoms with Crippen LogP contribution in [0.5, 0.6) is 11.5 Å². The van der Waals surface area contributed by atoms with E-state index in [-0.39, 0.29) is 0 Å². The van der Waals surface area contributed by atoms with E-state index in [1.165, 1.54) is 12.8 Å². The molecule has 1 aromatic rings. The van der Waals surface area contributed by atoms with E-state index in [0.717, 1.165) is 43.0 Å². The molecule has 0 saturated carbocycles. The van der Waals surface area contributed by atoms with Crippen molar-refractivity contribution >= 4 is 0 Å². The molecular weight excluding hydrogens is 250 g/mol. The van der Waals surface area contributed by atoms with Crippen LogP contribution in [-0.2, 0) is 6.42 Å². The molecule has 1 N–H and O–H groups in total. The molecule has 0 fully saturated rings. The zero-order chi connectivity index (χ0) is 14.6. The van der Waals surface area contributed by atoms with Gasteiger partial charge in [0.25, 0.3) is 0 Å². The van der Waals surface area contributed by atoms with Crippen molar-refractivity contribution in [2.24, 2.45) is 0 Å². The number of allylic oxidation sites excluding steroid dienone is 1. The first-order chi connectivity index (χ1) is 9.83. The summed E-state index contributed by atoms with van der Waals surface area (Å²) in [5.74, 6) is 1.65. The number of nitrogens with one attached hydrogen (secondary N) is 1. The van der Waals surface area contributed by atoms with E-state index in [0.29, 0.717) is 6.61 Å². The largest absolute Gasteiger partial charge is 0.493 e. The minimum atomic E-state index is 0.698. The highest BCUT2D eigenvalue weighted by atomic mass is 16.5. The third-order valence-corrected chi connectivity index (χ3v) is 3.10. The quantitative estimate of drug-likeness (QED) is 0.495. The Labute approximate surface area is 123 Å². The van der Waals surface area contributed by atoms with Gasteiger partial charge in [0.15, 0.2) is 11.5 Å². The summed E-state index contributed by atoms with van der Waals surface area (Å²) in [5, 5.41) is 3.41. The van der Waals surface area contributed by atoms with Gasteiger partial charge in [-0.15, -0.1) is 6.58 Å². The zero-order valence-corrected chi connectivity index (χ0v) is 12.8. The second-order valence-electron chi connectivity index (χ2n) is 4.75. The second kappa shape index (κ2) is 10.3. The van der Waals surface area contributed by atoms with Crippen LogP contribution in [0.25, 0.3) is 0 Å². The summed E-state index contributed by atoms with van der Waals surface area (Å²) in [4.78, 5) is 0. The van der Waals surface area contributed by atoms with Crippen molar-refractivity contribution in [1.29, 1.82) is 0 Å². The number of hydrogen-bond donors (Lipinski definition) is 1. The molecule has 0 bridgehead atoms. The van der Waals surface area contributed by atoms with Crippen LogP contribution in [0.15, 0.2) is 30.9 Å². The number of rotatable bonds is 11. The summed E-state index contributed by atoms with van der Waals surface area (Å²) >= 11 is 0. The van der Waals surface area contributed by atoms with E-state index >= 15 is 0 Å². The molecule has 0 atom stereocenters. The summed E-state index contributed by atoms with van der Waals surface area (Å²) in [6.45, 7) is 8.77. The van der Waals surface area contributed by atoms with E-state index in [4.69, 9.17) is 9.47 Å². The maximum Gasteiger partial charge on any atom is 0.164 e. The molecule has 0 amide bonds. The molecule has 1 rings (SSSR count). The van der Waals surface area contributed by atoms with E-state index in [9.17, 15) is 0 Å². The molecule has 1 aromatic carbocycles. The predicted molar refractivity (Wildman–Crippen MR) is 84.8 cm³/mol. The van der Waals surface area contributed by atoms with Crippen LogP contribution in [0.1, 0.15) is 31.7 Å². The minimum Gasteiger partial charge on any atom is -0.493 e. The smallest absolute Gasteiger partial charge is 0.164 e. The Morgan fingerprint density at radius 3 is 2.75 bits per heavy atom. The third-order valence-electron chi connectivity index (χ3n) is 3.10. The third kappa shape index (κ3) is 5.66. The van der Waals surface area contributed by atoms with Crippen LogP contribution in [0.4, 0.5) is 0 Å². The van der Waals surface area contributed by atoms with Crippen molar-refractivity contribution in [3.63, 3.8) is 0 Å². The van der Waals surface area contributed by atoms with Gasteiger partial charge in [0.05, 0.1) is 13.7 Å². The molecule has 0 aliphatic rings. The van der Waals surface area contributed by atoms with E-state index in [2.05, 4.69) is 24.9 Å². The first-order valence-electron chi connectivity index (χ1n) is 7.43. The highest BCUT2D eigenvalue weighted by molar-refractivity contribution is 5.47. The lowest BCUT2D eigenvalue weighted by molar-refractivity contribution is 0.285. The van der Waals surface area contributed by atoms with Crippen molar-refractivity contribution in [3.05, 3.63) is 36.4 Å². The van der Waals surface area contributed by atoms with Gasteiger partial charge in [-0.05, 0) is 38.4 Å². The lowest BCUT2D eigenvalue weighted by atomic mass is 10.1. The zero-order valence-electron chi connectivity index (χ0n) is 12.8. The van der Waals surface area contributed by atoms with Gasteiger partial charge >= 0.3 is 0 Å². The van der Waals surface area contributed by atoms with Crippen molar-refractivity contribution in [2.75, 3.05) is 26.8 Å². The van der Waals surface area contributed by atoms with Gasteiger partial charge < -0.3 is 14.8 Å². The number of benzene rings is 1. The minimum absolute atomic E-state index is 0.698. The number of unbranched alkanes of at least 4 members (excludes halogenated alkanes) is 1. The first kappa shape index (κ1) is 16.6. The summed E-state index contributed by atoms with van der Waals surface area (Å²) in [7, 11) is 1.67. The van der Waals surface area contributed by atoms with Gasteiger partial charge in [-0.1, -0.05) is 31.6 Å². The standard InChI is InChI=1S/C17H27NO2/c1-4-6-12-18-13-8-14-20-17-15(9-5-2)10-7-11-16(17)19-3/h5,7,10-11,18H,2,4,6,8-9,12-14H2,1,3H3. The fraction of sp³-hybridized carbons (Fsp3) is 0.529. The van der Waals surface area contributed by atoms with Crippen LogP contribution < -0.4 is 14.8 Å². The van der Waals surface area contributed by atoms with Crippen molar-refractivity contribution < 1.29 is 9.47 Å². The van der Waals surface area contributed by atoms with Gasteiger partial charge in [-0.2, -0.15) is 0 Å². The number of methoxy groups -OCH3 is 1. The van der Waals surface area contributed by atoms with Gasteiger partial charge in [0.1, 0.15) is 0 Å². The Bertz CT molecular complexity index is 391. The van der Waals surface area contributed by atoms with Crippen LogP contribution in [0.3, 0.4) is 0 Å². The fourth-order valence-corrected chi connectivity index (χ4v) is 2.00. The predicted octanol–water partition coefficient (Wildman–Crippen LogP) is 3.58. The molecule has 3 nitrogen and oxygen atoms in total. The Morgan fingerprint density at radius 2 is 2.05 bits per heavy atom. The SMILES string of the molecule is C=CCc1cccc(OC)c1OCCCNCCCC. The topological polar surface area (TPSA) is 30.5 Å². The monoisotopic (exact) mass is 277 g/mol. The summed E-state index contributed by atoms with van der Waals surface area (Å²) in [6.07, 6.45) is 6.14. The maximum atomic E-state index is 5.91.